The fourth-order valence-corrected chi connectivity index (χ4v) is 5.93. The van der Waals surface area contributed by atoms with E-state index in [4.69, 9.17) is 0 Å². The molecule has 0 saturated carbocycles. The van der Waals surface area contributed by atoms with Crippen molar-refractivity contribution >= 4 is 21.6 Å². The van der Waals surface area contributed by atoms with Crippen molar-refractivity contribution in [1.82, 2.24) is 4.31 Å². The van der Waals surface area contributed by atoms with Crippen LogP contribution in [-0.4, -0.2) is 51.4 Å². The minimum atomic E-state index is -3.53. The SMILES string of the molecule is Cc1cccc(NC(=O)C[NH+]2CCN(S(=O)(=O)c3c(C)cc(C)cc3C)CC2)c1. The Morgan fingerprint density at radius 3 is 2.21 bits per heavy atom. The molecule has 0 bridgehead atoms. The number of anilines is 1. The van der Waals surface area contributed by atoms with Gasteiger partial charge in [-0.3, -0.25) is 4.79 Å². The van der Waals surface area contributed by atoms with Gasteiger partial charge >= 0.3 is 0 Å². The molecule has 0 aliphatic carbocycles. The van der Waals surface area contributed by atoms with Gasteiger partial charge in [0, 0.05) is 5.69 Å². The summed E-state index contributed by atoms with van der Waals surface area (Å²) in [5.74, 6) is -0.0490. The normalized spacial score (nSPS) is 16.0. The van der Waals surface area contributed by atoms with Gasteiger partial charge in [-0.25, -0.2) is 8.42 Å². The number of quaternary nitrogens is 1. The van der Waals surface area contributed by atoms with E-state index in [2.05, 4.69) is 5.32 Å². The van der Waals surface area contributed by atoms with Crippen molar-refractivity contribution in [2.75, 3.05) is 38.0 Å². The number of sulfonamides is 1. The fourth-order valence-electron chi connectivity index (χ4n) is 4.08. The summed E-state index contributed by atoms with van der Waals surface area (Å²) < 4.78 is 27.9. The Kier molecular flexibility index (Phi) is 6.41. The van der Waals surface area contributed by atoms with Gasteiger partial charge in [-0.2, -0.15) is 4.31 Å². The van der Waals surface area contributed by atoms with E-state index in [1.54, 1.807) is 4.31 Å². The number of carbonyl (C=O) groups excluding carboxylic acids is 1. The highest BCUT2D eigenvalue weighted by atomic mass is 32.2. The molecule has 2 aromatic rings. The van der Waals surface area contributed by atoms with Crippen LogP contribution in [-0.2, 0) is 14.8 Å². The minimum absolute atomic E-state index is 0.0490. The molecule has 2 N–H and O–H groups in total. The molecule has 0 atom stereocenters. The van der Waals surface area contributed by atoms with Crippen molar-refractivity contribution in [3.05, 3.63) is 58.7 Å². The summed E-state index contributed by atoms with van der Waals surface area (Å²) >= 11 is 0. The molecule has 2 aromatic carbocycles. The molecule has 6 nitrogen and oxygen atoms in total. The zero-order chi connectivity index (χ0) is 21.2. The summed E-state index contributed by atoms with van der Waals surface area (Å²) in [6.07, 6.45) is 0. The van der Waals surface area contributed by atoms with Crippen LogP contribution in [0.5, 0.6) is 0 Å². The lowest BCUT2D eigenvalue weighted by molar-refractivity contribution is -0.895. The van der Waals surface area contributed by atoms with Crippen molar-refractivity contribution in [2.45, 2.75) is 32.6 Å². The number of nitrogens with one attached hydrogen (secondary N) is 2. The van der Waals surface area contributed by atoms with Crippen LogP contribution in [0.3, 0.4) is 0 Å². The number of rotatable bonds is 5. The average molecular weight is 417 g/mol. The van der Waals surface area contributed by atoms with E-state index < -0.39 is 10.0 Å². The highest BCUT2D eigenvalue weighted by Crippen LogP contribution is 2.25. The maximum atomic E-state index is 13.2. The van der Waals surface area contributed by atoms with E-state index >= 15 is 0 Å². The lowest BCUT2D eigenvalue weighted by atomic mass is 10.1. The average Bonchev–Trinajstić information content (AvgIpc) is 2.61. The van der Waals surface area contributed by atoms with Crippen LogP contribution in [0.4, 0.5) is 5.69 Å². The largest absolute Gasteiger partial charge is 0.325 e. The van der Waals surface area contributed by atoms with E-state index in [-0.39, 0.29) is 5.91 Å². The van der Waals surface area contributed by atoms with Crippen molar-refractivity contribution in [2.24, 2.45) is 0 Å². The van der Waals surface area contributed by atoms with E-state index in [1.165, 1.54) is 0 Å². The second-order valence-electron chi connectivity index (χ2n) is 7.98. The zero-order valence-electron chi connectivity index (χ0n) is 17.6. The molecule has 7 heteroatoms. The van der Waals surface area contributed by atoms with Gasteiger partial charge in [0.15, 0.2) is 6.54 Å². The number of hydrogen-bond donors (Lipinski definition) is 2. The van der Waals surface area contributed by atoms with Crippen LogP contribution in [0.25, 0.3) is 0 Å². The molecule has 0 unspecified atom stereocenters. The van der Waals surface area contributed by atoms with Crippen LogP contribution in [0.1, 0.15) is 22.3 Å². The first-order valence-corrected chi connectivity index (χ1v) is 11.4. The Bertz CT molecular complexity index is 987. The number of piperazine rings is 1. The number of amides is 1. The molecule has 0 spiro atoms. The van der Waals surface area contributed by atoms with Crippen molar-refractivity contribution < 1.29 is 18.1 Å². The second kappa shape index (κ2) is 8.65. The third-order valence-electron chi connectivity index (χ3n) is 5.34. The molecule has 29 heavy (non-hydrogen) atoms. The minimum Gasteiger partial charge on any atom is -0.325 e. The number of hydrogen-bond acceptors (Lipinski definition) is 3. The third kappa shape index (κ3) is 5.04. The Hall–Kier alpha value is -2.22. The number of aryl methyl sites for hydroxylation is 4. The van der Waals surface area contributed by atoms with Gasteiger partial charge in [-0.05, 0) is 56.5 Å². The van der Waals surface area contributed by atoms with E-state index in [0.717, 1.165) is 32.8 Å². The summed E-state index contributed by atoms with van der Waals surface area (Å²) in [7, 11) is -3.53. The zero-order valence-corrected chi connectivity index (χ0v) is 18.4. The molecule has 0 aromatic heterocycles. The summed E-state index contributed by atoms with van der Waals surface area (Å²) in [6.45, 7) is 10.1. The lowest BCUT2D eigenvalue weighted by Crippen LogP contribution is -3.15. The lowest BCUT2D eigenvalue weighted by Gasteiger charge is -2.32. The number of benzene rings is 2. The van der Waals surface area contributed by atoms with Gasteiger partial charge in [-0.15, -0.1) is 0 Å². The Balaban J connectivity index is 1.61. The van der Waals surface area contributed by atoms with Gasteiger partial charge in [0.05, 0.1) is 31.1 Å². The number of carbonyl (C=O) groups is 1. The Labute approximate surface area is 173 Å². The predicted octanol–water partition coefficient (Wildman–Crippen LogP) is 1.45. The highest BCUT2D eigenvalue weighted by molar-refractivity contribution is 7.89. The predicted molar refractivity (Wildman–Crippen MR) is 115 cm³/mol. The van der Waals surface area contributed by atoms with Crippen LogP contribution in [0.2, 0.25) is 0 Å². The van der Waals surface area contributed by atoms with Crippen LogP contribution in [0, 0.1) is 27.7 Å². The van der Waals surface area contributed by atoms with Crippen molar-refractivity contribution in [3.63, 3.8) is 0 Å². The summed E-state index contributed by atoms with van der Waals surface area (Å²) in [5, 5.41) is 2.93. The smallest absolute Gasteiger partial charge is 0.279 e. The van der Waals surface area contributed by atoms with Crippen molar-refractivity contribution in [1.29, 1.82) is 0 Å². The molecule has 1 saturated heterocycles. The van der Waals surface area contributed by atoms with Gasteiger partial charge in [-0.1, -0.05) is 29.8 Å². The molecule has 1 heterocycles. The van der Waals surface area contributed by atoms with Crippen LogP contribution in [0.15, 0.2) is 41.3 Å². The quantitative estimate of drug-likeness (QED) is 0.775. The molecule has 1 aliphatic rings. The first-order chi connectivity index (χ1) is 13.7. The molecule has 1 amide bonds. The van der Waals surface area contributed by atoms with Gasteiger partial charge in [0.2, 0.25) is 10.0 Å². The Morgan fingerprint density at radius 1 is 1.00 bits per heavy atom. The monoisotopic (exact) mass is 416 g/mol. The highest BCUT2D eigenvalue weighted by Gasteiger charge is 2.33. The fraction of sp³-hybridized carbons (Fsp3) is 0.409. The van der Waals surface area contributed by atoms with Gasteiger partial charge in [0.25, 0.3) is 5.91 Å². The van der Waals surface area contributed by atoms with Crippen LogP contribution >= 0.6 is 0 Å². The first kappa shape index (κ1) is 21.5. The van der Waals surface area contributed by atoms with Crippen LogP contribution < -0.4 is 10.2 Å². The standard InChI is InChI=1S/C22H29N3O3S/c1-16-6-5-7-20(14-16)23-21(26)15-24-8-10-25(11-9-24)29(27,28)22-18(3)12-17(2)13-19(22)4/h5-7,12-14H,8-11,15H2,1-4H3,(H,23,26)/p+1. The summed E-state index contributed by atoms with van der Waals surface area (Å²) in [6, 6.07) is 11.5. The topological polar surface area (TPSA) is 70.9 Å². The van der Waals surface area contributed by atoms with E-state index in [1.807, 2.05) is 64.1 Å². The summed E-state index contributed by atoms with van der Waals surface area (Å²) in [4.78, 5) is 13.9. The Morgan fingerprint density at radius 2 is 1.62 bits per heavy atom. The molecule has 156 valence electrons. The first-order valence-electron chi connectivity index (χ1n) is 9.95. The maximum absolute atomic E-state index is 13.2. The molecular formula is C22H30N3O3S+. The molecule has 1 fully saturated rings. The van der Waals surface area contributed by atoms with Gasteiger partial charge in [0.1, 0.15) is 0 Å². The molecular weight excluding hydrogens is 386 g/mol. The summed E-state index contributed by atoms with van der Waals surface area (Å²) in [5.41, 5.74) is 4.52. The number of nitrogens with zero attached hydrogens (tertiary/aromatic N) is 1. The third-order valence-corrected chi connectivity index (χ3v) is 7.55. The van der Waals surface area contributed by atoms with Crippen molar-refractivity contribution in [3.8, 4) is 0 Å². The second-order valence-corrected chi connectivity index (χ2v) is 9.85. The van der Waals surface area contributed by atoms with Gasteiger partial charge < -0.3 is 10.2 Å². The van der Waals surface area contributed by atoms with E-state index in [0.29, 0.717) is 37.6 Å². The van der Waals surface area contributed by atoms with E-state index in [9.17, 15) is 13.2 Å². The maximum Gasteiger partial charge on any atom is 0.279 e. The molecule has 1 aliphatic heterocycles. The molecule has 3 rings (SSSR count). The molecule has 0 radical (unpaired) electrons.